The quantitative estimate of drug-likeness (QED) is 0.314. The van der Waals surface area contributed by atoms with Gasteiger partial charge in [0, 0.05) is 36.6 Å². The number of rotatable bonds is 7. The SMILES string of the molecule is CCOc1ccc(N2[C@@H](c3ccc(/C=C/C(=O)O)cc3)c3ccc(-c4cnn(C)c4)cc3C[C@@H]2C)cc1. The Hall–Kier alpha value is -4.32. The molecule has 0 unspecified atom stereocenters. The van der Waals surface area contributed by atoms with Crippen molar-refractivity contribution in [3.63, 3.8) is 0 Å². The van der Waals surface area contributed by atoms with Crippen molar-refractivity contribution in [1.29, 1.82) is 0 Å². The Balaban J connectivity index is 1.58. The minimum absolute atomic E-state index is 0.0112. The van der Waals surface area contributed by atoms with Gasteiger partial charge in [0.25, 0.3) is 0 Å². The summed E-state index contributed by atoms with van der Waals surface area (Å²) in [7, 11) is 1.93. The van der Waals surface area contributed by atoms with E-state index < -0.39 is 5.97 Å². The monoisotopic (exact) mass is 493 g/mol. The number of aromatic nitrogens is 2. The molecule has 0 radical (unpaired) electrons. The molecule has 0 amide bonds. The summed E-state index contributed by atoms with van der Waals surface area (Å²) in [6.45, 7) is 4.90. The zero-order valence-electron chi connectivity index (χ0n) is 21.3. The highest BCUT2D eigenvalue weighted by atomic mass is 16.5. The first-order valence-corrected chi connectivity index (χ1v) is 12.6. The van der Waals surface area contributed by atoms with E-state index in [1.807, 2.05) is 55.3 Å². The molecule has 2 atom stereocenters. The third kappa shape index (κ3) is 5.14. The van der Waals surface area contributed by atoms with Gasteiger partial charge in [-0.1, -0.05) is 42.5 Å². The highest BCUT2D eigenvalue weighted by Crippen LogP contribution is 2.42. The van der Waals surface area contributed by atoms with E-state index >= 15 is 0 Å². The standard InChI is InChI=1S/C31H31N3O3/c1-4-37-28-13-11-27(12-14-28)34-21(2)17-25-18-24(26-19-32-33(3)20-26)10-15-29(25)31(34)23-8-5-22(6-9-23)7-16-30(35)36/h5-16,18-21,31H,4,17H2,1-3H3,(H,35,36)/b16-7+/t21-,31-/m0/s1. The van der Waals surface area contributed by atoms with Gasteiger partial charge in [0.15, 0.2) is 0 Å². The van der Waals surface area contributed by atoms with Gasteiger partial charge in [-0.25, -0.2) is 4.79 Å². The molecule has 3 aromatic carbocycles. The Kier molecular flexibility index (Phi) is 6.82. The second-order valence-corrected chi connectivity index (χ2v) is 9.44. The van der Waals surface area contributed by atoms with Gasteiger partial charge >= 0.3 is 5.97 Å². The number of fused-ring (bicyclic) bond motifs is 1. The minimum Gasteiger partial charge on any atom is -0.494 e. The molecule has 1 aromatic heterocycles. The van der Waals surface area contributed by atoms with Crippen molar-refractivity contribution in [1.82, 2.24) is 9.78 Å². The number of nitrogens with zero attached hydrogens (tertiary/aromatic N) is 3. The summed E-state index contributed by atoms with van der Waals surface area (Å²) in [6, 6.07) is 23.5. The lowest BCUT2D eigenvalue weighted by Gasteiger charge is -2.44. The number of anilines is 1. The van der Waals surface area contributed by atoms with Crippen molar-refractivity contribution >= 4 is 17.7 Å². The van der Waals surface area contributed by atoms with Crippen molar-refractivity contribution in [2.24, 2.45) is 7.05 Å². The van der Waals surface area contributed by atoms with Gasteiger partial charge in [-0.05, 0) is 78.4 Å². The number of ether oxygens (including phenoxy) is 1. The lowest BCUT2D eigenvalue weighted by molar-refractivity contribution is -0.131. The molecule has 0 bridgehead atoms. The number of hydrogen-bond acceptors (Lipinski definition) is 4. The van der Waals surface area contributed by atoms with E-state index in [-0.39, 0.29) is 12.1 Å². The Bertz CT molecular complexity index is 1420. The molecule has 0 spiro atoms. The summed E-state index contributed by atoms with van der Waals surface area (Å²) in [4.78, 5) is 13.4. The maximum atomic E-state index is 10.9. The van der Waals surface area contributed by atoms with Crippen molar-refractivity contribution in [2.45, 2.75) is 32.4 Å². The first-order chi connectivity index (χ1) is 17.9. The lowest BCUT2D eigenvalue weighted by Crippen LogP contribution is -2.42. The molecular formula is C31H31N3O3. The Labute approximate surface area is 217 Å². The Morgan fingerprint density at radius 2 is 1.84 bits per heavy atom. The lowest BCUT2D eigenvalue weighted by atomic mass is 9.83. The number of benzene rings is 3. The van der Waals surface area contributed by atoms with Gasteiger partial charge in [0.1, 0.15) is 5.75 Å². The number of hydrogen-bond donors (Lipinski definition) is 1. The highest BCUT2D eigenvalue weighted by Gasteiger charge is 2.33. The van der Waals surface area contributed by atoms with E-state index in [2.05, 4.69) is 59.4 Å². The fourth-order valence-electron chi connectivity index (χ4n) is 5.20. The molecule has 6 heteroatoms. The summed E-state index contributed by atoms with van der Waals surface area (Å²) < 4.78 is 7.51. The van der Waals surface area contributed by atoms with Crippen LogP contribution in [0.3, 0.4) is 0 Å². The predicted molar refractivity (Wildman–Crippen MR) is 147 cm³/mol. The van der Waals surface area contributed by atoms with Crippen molar-refractivity contribution in [3.8, 4) is 16.9 Å². The maximum absolute atomic E-state index is 10.9. The number of carboxylic acids is 1. The van der Waals surface area contributed by atoms with E-state index in [0.717, 1.165) is 34.5 Å². The Morgan fingerprint density at radius 1 is 1.08 bits per heavy atom. The molecule has 2 heterocycles. The van der Waals surface area contributed by atoms with E-state index in [4.69, 9.17) is 9.84 Å². The fraction of sp³-hybridized carbons (Fsp3) is 0.226. The summed E-state index contributed by atoms with van der Waals surface area (Å²) in [5, 5.41) is 13.3. The second-order valence-electron chi connectivity index (χ2n) is 9.44. The van der Waals surface area contributed by atoms with Crippen LogP contribution in [-0.2, 0) is 18.3 Å². The molecule has 37 heavy (non-hydrogen) atoms. The summed E-state index contributed by atoms with van der Waals surface area (Å²) in [6.07, 6.45) is 7.65. The highest BCUT2D eigenvalue weighted by molar-refractivity contribution is 5.85. The molecule has 0 fully saturated rings. The van der Waals surface area contributed by atoms with Crippen LogP contribution in [0.4, 0.5) is 5.69 Å². The molecule has 1 N–H and O–H groups in total. The maximum Gasteiger partial charge on any atom is 0.328 e. The summed E-state index contributed by atoms with van der Waals surface area (Å²) >= 11 is 0. The number of carboxylic acid groups (broad SMARTS) is 1. The van der Waals surface area contributed by atoms with Crippen LogP contribution in [0.5, 0.6) is 5.75 Å². The van der Waals surface area contributed by atoms with Crippen LogP contribution in [0.1, 0.15) is 42.1 Å². The van der Waals surface area contributed by atoms with Gasteiger partial charge in [0.2, 0.25) is 0 Å². The minimum atomic E-state index is -0.954. The van der Waals surface area contributed by atoms with E-state index in [1.165, 1.54) is 22.8 Å². The van der Waals surface area contributed by atoms with Crippen LogP contribution in [0.25, 0.3) is 17.2 Å². The predicted octanol–water partition coefficient (Wildman–Crippen LogP) is 6.12. The molecule has 4 aromatic rings. The second kappa shape index (κ2) is 10.3. The Morgan fingerprint density at radius 3 is 2.49 bits per heavy atom. The number of aliphatic carboxylic acids is 1. The summed E-state index contributed by atoms with van der Waals surface area (Å²) in [5.41, 5.74) is 8.03. The van der Waals surface area contributed by atoms with Crippen molar-refractivity contribution < 1.29 is 14.6 Å². The van der Waals surface area contributed by atoms with Gasteiger partial charge in [-0.3, -0.25) is 4.68 Å². The number of aryl methyl sites for hydroxylation is 1. The summed E-state index contributed by atoms with van der Waals surface area (Å²) in [5.74, 6) is -0.0891. The van der Waals surface area contributed by atoms with Crippen LogP contribution in [0.15, 0.2) is 85.2 Å². The molecule has 1 aliphatic heterocycles. The molecule has 0 aliphatic carbocycles. The smallest absolute Gasteiger partial charge is 0.328 e. The molecular weight excluding hydrogens is 462 g/mol. The van der Waals surface area contributed by atoms with Crippen LogP contribution in [0, 0.1) is 0 Å². The van der Waals surface area contributed by atoms with Gasteiger partial charge < -0.3 is 14.7 Å². The first kappa shape index (κ1) is 24.4. The molecule has 6 nitrogen and oxygen atoms in total. The van der Waals surface area contributed by atoms with Gasteiger partial charge in [-0.15, -0.1) is 0 Å². The van der Waals surface area contributed by atoms with Crippen LogP contribution in [-0.4, -0.2) is 33.5 Å². The zero-order chi connectivity index (χ0) is 25.9. The third-order valence-electron chi connectivity index (χ3n) is 6.86. The van der Waals surface area contributed by atoms with E-state index in [1.54, 1.807) is 6.08 Å². The molecule has 5 rings (SSSR count). The average molecular weight is 494 g/mol. The topological polar surface area (TPSA) is 67.6 Å². The van der Waals surface area contributed by atoms with E-state index in [9.17, 15) is 4.79 Å². The van der Waals surface area contributed by atoms with Gasteiger partial charge in [-0.2, -0.15) is 5.10 Å². The molecule has 1 aliphatic rings. The van der Waals surface area contributed by atoms with Crippen LogP contribution >= 0.6 is 0 Å². The number of carbonyl (C=O) groups is 1. The van der Waals surface area contributed by atoms with Crippen LogP contribution < -0.4 is 9.64 Å². The van der Waals surface area contributed by atoms with Gasteiger partial charge in [0.05, 0.1) is 18.8 Å². The fourth-order valence-corrected chi connectivity index (χ4v) is 5.20. The normalized spacial score (nSPS) is 17.1. The van der Waals surface area contributed by atoms with Crippen molar-refractivity contribution in [3.05, 3.63) is 107 Å². The average Bonchev–Trinajstić information content (AvgIpc) is 3.34. The molecule has 188 valence electrons. The first-order valence-electron chi connectivity index (χ1n) is 12.6. The largest absolute Gasteiger partial charge is 0.494 e. The molecule has 0 saturated heterocycles. The third-order valence-corrected chi connectivity index (χ3v) is 6.86. The van der Waals surface area contributed by atoms with E-state index in [0.29, 0.717) is 6.61 Å². The molecule has 0 saturated carbocycles. The van der Waals surface area contributed by atoms with Crippen LogP contribution in [0.2, 0.25) is 0 Å². The zero-order valence-corrected chi connectivity index (χ0v) is 21.3. The van der Waals surface area contributed by atoms with Crippen molar-refractivity contribution in [2.75, 3.05) is 11.5 Å².